The molecule has 0 radical (unpaired) electrons. The average molecular weight is 694 g/mol. The molecule has 0 saturated carbocycles. The van der Waals surface area contributed by atoms with Gasteiger partial charge in [-0.3, -0.25) is 31.7 Å². The van der Waals surface area contributed by atoms with Crippen LogP contribution in [0, 0.1) is 0 Å². The van der Waals surface area contributed by atoms with Crippen LogP contribution in [0.3, 0.4) is 0 Å². The number of unbranched alkanes of at least 4 members (excludes halogenated alkanes) is 3. The highest BCUT2D eigenvalue weighted by Gasteiger charge is 2.25. The molecule has 0 aliphatic rings. The highest BCUT2D eigenvalue weighted by atomic mass is 31.2. The summed E-state index contributed by atoms with van der Waals surface area (Å²) in [5.41, 5.74) is 0. The molecule has 0 spiro atoms. The minimum absolute atomic E-state index is 0.00850. The van der Waals surface area contributed by atoms with Crippen LogP contribution in [0.25, 0.3) is 0 Å². The van der Waals surface area contributed by atoms with Gasteiger partial charge in [0.2, 0.25) is 0 Å². The molecule has 0 aromatic carbocycles. The van der Waals surface area contributed by atoms with Gasteiger partial charge in [0.25, 0.3) is 0 Å². The molecule has 0 aromatic rings. The Morgan fingerprint density at radius 2 is 0.881 bits per heavy atom. The summed E-state index contributed by atoms with van der Waals surface area (Å²) >= 11 is 0. The molecular formula is C22H51NO15P4. The number of rotatable bonds is 29. The quantitative estimate of drug-likeness (QED) is 0.0571. The molecule has 20 heteroatoms. The van der Waals surface area contributed by atoms with E-state index in [1.807, 2.05) is 0 Å². The lowest BCUT2D eigenvalue weighted by Gasteiger charge is -2.16. The van der Waals surface area contributed by atoms with Crippen molar-refractivity contribution in [2.24, 2.45) is 0 Å². The van der Waals surface area contributed by atoms with Gasteiger partial charge in [-0.25, -0.2) is 13.7 Å². The summed E-state index contributed by atoms with van der Waals surface area (Å²) in [4.78, 5) is 28.7. The predicted molar refractivity (Wildman–Crippen MR) is 156 cm³/mol. The second-order valence-electron chi connectivity index (χ2n) is 9.75. The Morgan fingerprint density at radius 3 is 1.29 bits per heavy atom. The van der Waals surface area contributed by atoms with Gasteiger partial charge in [-0.1, -0.05) is 26.7 Å². The number of hydrogen-bond donors (Lipinski definition) is 4. The molecule has 0 heterocycles. The highest BCUT2D eigenvalue weighted by Crippen LogP contribution is 2.47. The van der Waals surface area contributed by atoms with Gasteiger partial charge in [0.1, 0.15) is 0 Å². The summed E-state index contributed by atoms with van der Waals surface area (Å²) in [5.74, 6) is 0. The zero-order chi connectivity index (χ0) is 32.1. The Balaban J connectivity index is 3.87. The van der Waals surface area contributed by atoms with Crippen molar-refractivity contribution in [3.05, 3.63) is 0 Å². The summed E-state index contributed by atoms with van der Waals surface area (Å²) in [6, 6.07) is 0.468. The number of phosphoric acid groups is 3. The lowest BCUT2D eigenvalue weighted by molar-refractivity contribution is 0.106. The van der Waals surface area contributed by atoms with Crippen molar-refractivity contribution in [3.8, 4) is 0 Å². The topological polar surface area (TPSA) is 215 Å². The Morgan fingerprint density at radius 1 is 0.524 bits per heavy atom. The van der Waals surface area contributed by atoms with E-state index in [1.165, 1.54) is 6.66 Å². The van der Waals surface area contributed by atoms with Crippen molar-refractivity contribution >= 4 is 31.1 Å². The maximum absolute atomic E-state index is 12.3. The van der Waals surface area contributed by atoms with Crippen LogP contribution in [0.2, 0.25) is 0 Å². The van der Waals surface area contributed by atoms with Crippen molar-refractivity contribution < 1.29 is 69.1 Å². The second-order valence-corrected chi connectivity index (χ2v) is 16.1. The van der Waals surface area contributed by atoms with E-state index in [9.17, 15) is 32.9 Å². The van der Waals surface area contributed by atoms with Crippen molar-refractivity contribution in [2.45, 2.75) is 84.8 Å². The molecule has 16 nitrogen and oxygen atoms in total. The molecule has 0 amide bonds. The van der Waals surface area contributed by atoms with Gasteiger partial charge in [-0.05, 0) is 52.5 Å². The first kappa shape index (κ1) is 42.4. The van der Waals surface area contributed by atoms with Crippen LogP contribution in [-0.4, -0.2) is 86.3 Å². The van der Waals surface area contributed by atoms with Crippen molar-refractivity contribution in [2.75, 3.05) is 59.5 Å². The molecule has 0 saturated heterocycles. The summed E-state index contributed by atoms with van der Waals surface area (Å²) in [6.07, 6.45) is 3.47. The molecule has 4 N–H and O–H groups in total. The SMILES string of the molecule is CC(C)NCCCCCCOP(C)(=O)OCCCOP(=O)(O)OCCCOP(=O)(O)OCCCOP(=O)(O)OC(C)C. The summed E-state index contributed by atoms with van der Waals surface area (Å²) in [5, 5.41) is 3.35. The van der Waals surface area contributed by atoms with Crippen molar-refractivity contribution in [1.29, 1.82) is 0 Å². The van der Waals surface area contributed by atoms with Gasteiger partial charge in [0.15, 0.2) is 0 Å². The third-order valence-electron chi connectivity index (χ3n) is 4.76. The Kier molecular flexibility index (Phi) is 23.1. The van der Waals surface area contributed by atoms with Gasteiger partial charge in [-0.15, -0.1) is 0 Å². The molecule has 0 rings (SSSR count). The largest absolute Gasteiger partial charge is 0.472 e. The van der Waals surface area contributed by atoms with E-state index in [0.717, 1.165) is 32.2 Å². The third-order valence-corrected chi connectivity index (χ3v) is 9.29. The number of phosphoric ester groups is 3. The monoisotopic (exact) mass is 693 g/mol. The average Bonchev–Trinajstić information content (AvgIpc) is 2.83. The van der Waals surface area contributed by atoms with Crippen LogP contribution >= 0.6 is 31.1 Å². The standard InChI is InChI=1S/C22H51NO15P4/c1-21(2)23-13-8-6-7-9-14-31-39(5,24)32-15-10-16-33-40(25,26)34-17-11-18-35-41(27,28)36-19-12-20-37-42(29,30)38-22(3)4/h21-23H,6-20H2,1-5H3,(H,25,26)(H,27,28)(H,29,30). The van der Waals surface area contributed by atoms with Gasteiger partial charge < -0.3 is 29.0 Å². The van der Waals surface area contributed by atoms with Crippen LogP contribution < -0.4 is 5.32 Å². The van der Waals surface area contributed by atoms with E-state index in [2.05, 4.69) is 23.7 Å². The minimum Gasteiger partial charge on any atom is -0.315 e. The summed E-state index contributed by atoms with van der Waals surface area (Å²) < 4.78 is 86.6. The fraction of sp³-hybridized carbons (Fsp3) is 1.00. The molecule has 254 valence electrons. The molecule has 0 fully saturated rings. The first-order valence-corrected chi connectivity index (χ1v) is 20.4. The predicted octanol–water partition coefficient (Wildman–Crippen LogP) is 5.38. The highest BCUT2D eigenvalue weighted by molar-refractivity contribution is 7.53. The van der Waals surface area contributed by atoms with Crippen LogP contribution in [0.5, 0.6) is 0 Å². The fourth-order valence-corrected chi connectivity index (χ4v) is 6.45. The molecule has 4 atom stereocenters. The fourth-order valence-electron chi connectivity index (χ4n) is 2.92. The van der Waals surface area contributed by atoms with Crippen molar-refractivity contribution in [3.63, 3.8) is 0 Å². The maximum atomic E-state index is 12.3. The summed E-state index contributed by atoms with van der Waals surface area (Å²) in [7, 11) is -16.3. The van der Waals surface area contributed by atoms with Crippen molar-refractivity contribution in [1.82, 2.24) is 5.32 Å². The van der Waals surface area contributed by atoms with Crippen LogP contribution in [0.15, 0.2) is 0 Å². The van der Waals surface area contributed by atoms with E-state index in [-0.39, 0.29) is 58.9 Å². The number of hydrogen-bond acceptors (Lipinski definition) is 13. The molecule has 0 aliphatic carbocycles. The molecule has 4 unspecified atom stereocenters. The Hall–Kier alpha value is 0.440. The van der Waals surface area contributed by atoms with E-state index in [1.54, 1.807) is 13.8 Å². The molecule has 0 aliphatic heterocycles. The first-order chi connectivity index (χ1) is 19.5. The second kappa shape index (κ2) is 22.9. The molecule has 0 aromatic heterocycles. The van der Waals surface area contributed by atoms with Crippen LogP contribution in [-0.2, 0) is 54.5 Å². The van der Waals surface area contributed by atoms with E-state index < -0.39 is 37.2 Å². The zero-order valence-corrected chi connectivity index (χ0v) is 28.9. The molecule has 42 heavy (non-hydrogen) atoms. The van der Waals surface area contributed by atoms with Gasteiger partial charge >= 0.3 is 31.1 Å². The van der Waals surface area contributed by atoms with E-state index >= 15 is 0 Å². The smallest absolute Gasteiger partial charge is 0.315 e. The zero-order valence-electron chi connectivity index (χ0n) is 25.3. The lowest BCUT2D eigenvalue weighted by atomic mass is 10.2. The normalized spacial score (nSPS) is 18.0. The Labute approximate surface area is 249 Å². The maximum Gasteiger partial charge on any atom is 0.472 e. The van der Waals surface area contributed by atoms with Gasteiger partial charge in [-0.2, -0.15) is 0 Å². The summed E-state index contributed by atoms with van der Waals surface area (Å²) in [6.45, 7) is 8.57. The lowest BCUT2D eigenvalue weighted by Crippen LogP contribution is -2.23. The van der Waals surface area contributed by atoms with E-state index in [4.69, 9.17) is 31.7 Å². The van der Waals surface area contributed by atoms with Crippen LogP contribution in [0.4, 0.5) is 0 Å². The minimum atomic E-state index is -4.42. The van der Waals surface area contributed by atoms with Gasteiger partial charge in [0, 0.05) is 12.7 Å². The van der Waals surface area contributed by atoms with E-state index in [0.29, 0.717) is 12.6 Å². The third kappa shape index (κ3) is 28.0. The number of nitrogens with one attached hydrogen (secondary N) is 1. The molecular weight excluding hydrogens is 642 g/mol. The van der Waals surface area contributed by atoms with Crippen LogP contribution in [0.1, 0.15) is 72.6 Å². The van der Waals surface area contributed by atoms with Gasteiger partial charge in [0.05, 0.1) is 52.4 Å². The Bertz CT molecular complexity index is 892. The first-order valence-electron chi connectivity index (χ1n) is 13.9. The molecule has 0 bridgehead atoms.